The van der Waals surface area contributed by atoms with Crippen molar-refractivity contribution >= 4 is 29.1 Å². The van der Waals surface area contributed by atoms with Gasteiger partial charge in [0.25, 0.3) is 0 Å². The highest BCUT2D eigenvalue weighted by Crippen LogP contribution is 2.42. The molecule has 0 radical (unpaired) electrons. The monoisotopic (exact) mass is 422 g/mol. The van der Waals surface area contributed by atoms with Gasteiger partial charge in [0.15, 0.2) is 5.78 Å². The minimum Gasteiger partial charge on any atom is -0.487 e. The molecule has 0 fully saturated rings. The minimum absolute atomic E-state index is 0.0276. The number of fused-ring (bicyclic) bond motifs is 1. The maximum Gasteiger partial charge on any atom is 0.244 e. The van der Waals surface area contributed by atoms with Gasteiger partial charge in [0.05, 0.1) is 11.4 Å². The molecule has 30 heavy (non-hydrogen) atoms. The Bertz CT molecular complexity index is 1120. The third-order valence-corrected chi connectivity index (χ3v) is 5.92. The van der Waals surface area contributed by atoms with E-state index in [0.717, 1.165) is 16.0 Å². The Kier molecular flexibility index (Phi) is 5.72. The molecule has 0 saturated heterocycles. The molecule has 1 aliphatic rings. The average molecular weight is 422 g/mol. The molecule has 1 aliphatic heterocycles. The average Bonchev–Trinajstić information content (AvgIpc) is 3.38. The Morgan fingerprint density at radius 3 is 2.93 bits per heavy atom. The third-order valence-electron chi connectivity index (χ3n) is 4.70. The van der Waals surface area contributed by atoms with Crippen LogP contribution in [0.25, 0.3) is 16.5 Å². The van der Waals surface area contributed by atoms with Crippen LogP contribution < -0.4 is 10.1 Å². The van der Waals surface area contributed by atoms with E-state index in [9.17, 15) is 14.0 Å². The molecule has 0 spiro atoms. The molecule has 1 aromatic carbocycles. The predicted octanol–water partition coefficient (Wildman–Crippen LogP) is 4.28. The molecule has 0 unspecified atom stereocenters. The van der Waals surface area contributed by atoms with Crippen molar-refractivity contribution < 1.29 is 18.7 Å². The molecule has 152 valence electrons. The molecule has 5 nitrogen and oxygen atoms in total. The number of thiophene rings is 1. The zero-order chi connectivity index (χ0) is 21.1. The van der Waals surface area contributed by atoms with Crippen LogP contribution in [0.15, 0.2) is 54.9 Å². The van der Waals surface area contributed by atoms with Gasteiger partial charge in [-0.3, -0.25) is 14.6 Å². The number of pyridine rings is 1. The number of halogens is 1. The van der Waals surface area contributed by atoms with Crippen LogP contribution in [0, 0.1) is 5.82 Å². The first-order valence-corrected chi connectivity index (χ1v) is 10.3. The quantitative estimate of drug-likeness (QED) is 0.475. The number of hydrogen-bond acceptors (Lipinski definition) is 5. The fraction of sp³-hybridized carbons (Fsp3) is 0.174. The lowest BCUT2D eigenvalue weighted by Gasteiger charge is -2.12. The van der Waals surface area contributed by atoms with Crippen LogP contribution in [-0.2, 0) is 11.2 Å². The van der Waals surface area contributed by atoms with Gasteiger partial charge < -0.3 is 10.1 Å². The van der Waals surface area contributed by atoms with E-state index in [1.807, 2.05) is 6.07 Å². The van der Waals surface area contributed by atoms with Gasteiger partial charge in [0.2, 0.25) is 5.91 Å². The van der Waals surface area contributed by atoms with Crippen molar-refractivity contribution in [1.29, 1.82) is 0 Å². The lowest BCUT2D eigenvalue weighted by Crippen LogP contribution is -2.33. The van der Waals surface area contributed by atoms with E-state index in [1.54, 1.807) is 36.7 Å². The van der Waals surface area contributed by atoms with Crippen molar-refractivity contribution in [3.63, 3.8) is 0 Å². The van der Waals surface area contributed by atoms with Crippen molar-refractivity contribution in [2.45, 2.75) is 19.4 Å². The zero-order valence-corrected chi connectivity index (χ0v) is 17.0. The number of ether oxygens (including phenoxy) is 1. The number of hydrogen-bond donors (Lipinski definition) is 1. The molecule has 1 amide bonds. The van der Waals surface area contributed by atoms with Gasteiger partial charge in [-0.25, -0.2) is 4.39 Å². The first-order valence-electron chi connectivity index (χ1n) is 9.46. The zero-order valence-electron chi connectivity index (χ0n) is 16.2. The maximum atomic E-state index is 14.2. The summed E-state index contributed by atoms with van der Waals surface area (Å²) in [7, 11) is 0. The van der Waals surface area contributed by atoms with Gasteiger partial charge in [-0.15, -0.1) is 11.3 Å². The topological polar surface area (TPSA) is 68.3 Å². The standard InChI is InChI=1S/C23H19FN2O3S/c1-14(27)20-5-6-21(30-20)19-11-17(24)9-16-10-18(29-23(16)19)13-26-22(28)7-4-15-3-2-8-25-12-15/h2-9,11-12,18H,10,13H2,1H3,(H,26,28)/b7-4+/t18-/m0/s1. The molecule has 4 rings (SSSR count). The number of nitrogens with zero attached hydrogens (tertiary/aromatic N) is 1. The van der Waals surface area contributed by atoms with Gasteiger partial charge in [0.1, 0.15) is 17.7 Å². The smallest absolute Gasteiger partial charge is 0.244 e. The van der Waals surface area contributed by atoms with E-state index in [0.29, 0.717) is 29.2 Å². The molecular formula is C23H19FN2O3S. The Labute approximate surface area is 177 Å². The first-order chi connectivity index (χ1) is 14.5. The summed E-state index contributed by atoms with van der Waals surface area (Å²) in [5, 5.41) is 2.82. The summed E-state index contributed by atoms with van der Waals surface area (Å²) in [4.78, 5) is 29.1. The van der Waals surface area contributed by atoms with Gasteiger partial charge in [0, 0.05) is 40.9 Å². The second kappa shape index (κ2) is 8.59. The van der Waals surface area contributed by atoms with Crippen LogP contribution in [-0.4, -0.2) is 29.3 Å². The van der Waals surface area contributed by atoms with E-state index in [1.165, 1.54) is 36.5 Å². The summed E-state index contributed by atoms with van der Waals surface area (Å²) in [6.45, 7) is 1.80. The molecule has 1 N–H and O–H groups in total. The first kappa shape index (κ1) is 20.0. The molecule has 0 saturated carbocycles. The summed E-state index contributed by atoms with van der Waals surface area (Å²) in [6, 6.07) is 10.1. The number of carbonyl (C=O) groups is 2. The van der Waals surface area contributed by atoms with E-state index in [2.05, 4.69) is 10.3 Å². The van der Waals surface area contributed by atoms with Gasteiger partial charge >= 0.3 is 0 Å². The Balaban J connectivity index is 1.43. The van der Waals surface area contributed by atoms with Gasteiger partial charge in [-0.05, 0) is 48.9 Å². The fourth-order valence-corrected chi connectivity index (χ4v) is 4.20. The van der Waals surface area contributed by atoms with Gasteiger partial charge in [-0.1, -0.05) is 6.07 Å². The number of Topliss-reactive ketones (excluding diaryl/α,β-unsaturated/α-hetero) is 1. The fourth-order valence-electron chi connectivity index (χ4n) is 3.28. The highest BCUT2D eigenvalue weighted by atomic mass is 32.1. The van der Waals surface area contributed by atoms with Crippen molar-refractivity contribution in [3.8, 4) is 16.2 Å². The van der Waals surface area contributed by atoms with Crippen LogP contribution in [0.1, 0.15) is 27.7 Å². The predicted molar refractivity (Wildman–Crippen MR) is 114 cm³/mol. The van der Waals surface area contributed by atoms with E-state index in [-0.39, 0.29) is 23.6 Å². The Morgan fingerprint density at radius 2 is 2.20 bits per heavy atom. The second-order valence-electron chi connectivity index (χ2n) is 6.97. The highest BCUT2D eigenvalue weighted by molar-refractivity contribution is 7.17. The van der Waals surface area contributed by atoms with Crippen LogP contribution in [0.4, 0.5) is 4.39 Å². The summed E-state index contributed by atoms with van der Waals surface area (Å²) >= 11 is 1.31. The van der Waals surface area contributed by atoms with E-state index < -0.39 is 0 Å². The van der Waals surface area contributed by atoms with Crippen molar-refractivity contribution in [2.24, 2.45) is 0 Å². The maximum absolute atomic E-state index is 14.2. The van der Waals surface area contributed by atoms with Crippen LogP contribution in [0.2, 0.25) is 0 Å². The summed E-state index contributed by atoms with van der Waals surface area (Å²) < 4.78 is 20.2. The Hall–Kier alpha value is -3.32. The molecule has 1 atom stereocenters. The largest absolute Gasteiger partial charge is 0.487 e. The molecular weight excluding hydrogens is 403 g/mol. The molecule has 7 heteroatoms. The molecule has 2 aromatic heterocycles. The number of rotatable bonds is 6. The van der Waals surface area contributed by atoms with Gasteiger partial charge in [-0.2, -0.15) is 0 Å². The summed E-state index contributed by atoms with van der Waals surface area (Å²) in [5.41, 5.74) is 2.22. The SMILES string of the molecule is CC(=O)c1ccc(-c2cc(F)cc3c2O[C@H](CNC(=O)/C=C/c2cccnc2)C3)s1. The van der Waals surface area contributed by atoms with Crippen molar-refractivity contribution in [1.82, 2.24) is 10.3 Å². The minimum atomic E-state index is -0.353. The van der Waals surface area contributed by atoms with Crippen LogP contribution in [0.3, 0.4) is 0 Å². The lowest BCUT2D eigenvalue weighted by molar-refractivity contribution is -0.116. The number of ketones is 1. The number of carbonyl (C=O) groups excluding carboxylic acids is 2. The molecule has 3 aromatic rings. The summed E-state index contributed by atoms with van der Waals surface area (Å²) in [6.07, 6.45) is 6.67. The number of benzene rings is 1. The second-order valence-corrected chi connectivity index (χ2v) is 8.05. The molecule has 0 aliphatic carbocycles. The summed E-state index contributed by atoms with van der Waals surface area (Å²) in [5.74, 6) is -0.0120. The number of amides is 1. The highest BCUT2D eigenvalue weighted by Gasteiger charge is 2.27. The Morgan fingerprint density at radius 1 is 1.33 bits per heavy atom. The molecule has 3 heterocycles. The van der Waals surface area contributed by atoms with E-state index >= 15 is 0 Å². The lowest BCUT2D eigenvalue weighted by atomic mass is 10.0. The third kappa shape index (κ3) is 4.46. The van der Waals surface area contributed by atoms with E-state index in [4.69, 9.17) is 4.74 Å². The number of nitrogens with one attached hydrogen (secondary N) is 1. The van der Waals surface area contributed by atoms with Crippen molar-refractivity contribution in [2.75, 3.05) is 6.54 Å². The van der Waals surface area contributed by atoms with Crippen molar-refractivity contribution in [3.05, 3.63) is 76.7 Å². The molecule has 0 bridgehead atoms. The normalized spacial score (nSPS) is 15.1. The number of aromatic nitrogens is 1. The van der Waals surface area contributed by atoms with Crippen LogP contribution >= 0.6 is 11.3 Å². The van der Waals surface area contributed by atoms with Crippen LogP contribution in [0.5, 0.6) is 5.75 Å².